The molecular weight excluding hydrogens is 473 g/mol. The zero-order chi connectivity index (χ0) is 26.7. The third kappa shape index (κ3) is 13.7. The molecule has 1 rings (SSSR count). The highest BCUT2D eigenvalue weighted by atomic mass is 19.4. The fourth-order valence-electron chi connectivity index (χ4n) is 3.77. The van der Waals surface area contributed by atoms with Gasteiger partial charge in [0.15, 0.2) is 0 Å². The highest BCUT2D eigenvalue weighted by Gasteiger charge is 2.43. The molecule has 0 unspecified atom stereocenters. The summed E-state index contributed by atoms with van der Waals surface area (Å²) in [6, 6.07) is 6.32. The number of alkyl halides is 3. The highest BCUT2D eigenvalue weighted by Crippen LogP contribution is 2.23. The summed E-state index contributed by atoms with van der Waals surface area (Å²) in [5.41, 5.74) is 5.51. The Balaban J connectivity index is 2.59. The number of carbonyl (C=O) groups excluding carboxylic acids is 2. The van der Waals surface area contributed by atoms with Gasteiger partial charge in [-0.3, -0.25) is 4.79 Å². The Kier molecular flexibility index (Phi) is 16.7. The molecule has 0 bridgehead atoms. The van der Waals surface area contributed by atoms with Gasteiger partial charge in [-0.15, -0.1) is 0 Å². The average Bonchev–Trinajstić information content (AvgIpc) is 2.85. The number of hydrogen-bond acceptors (Lipinski definition) is 5. The molecule has 6 nitrogen and oxygen atoms in total. The molecule has 206 valence electrons. The molecule has 0 spiro atoms. The average molecular weight is 517 g/mol. The Labute approximate surface area is 213 Å². The summed E-state index contributed by atoms with van der Waals surface area (Å²) in [4.78, 5) is 28.9. The van der Waals surface area contributed by atoms with E-state index in [9.17, 15) is 22.8 Å². The lowest BCUT2D eigenvalue weighted by atomic mass is 10.1. The van der Waals surface area contributed by atoms with Crippen LogP contribution in [0.5, 0.6) is 5.75 Å². The van der Waals surface area contributed by atoms with Crippen LogP contribution in [0.2, 0.25) is 0 Å². The number of para-hydroxylation sites is 1. The minimum absolute atomic E-state index is 0.0570. The van der Waals surface area contributed by atoms with Crippen molar-refractivity contribution in [2.24, 2.45) is 5.73 Å². The number of unbranched alkanes of at least 4 members (excludes halogenated alkanes) is 12. The van der Waals surface area contributed by atoms with Crippen molar-refractivity contribution in [3.63, 3.8) is 0 Å². The molecule has 36 heavy (non-hydrogen) atoms. The topological polar surface area (TPSA) is 81.9 Å². The number of carbonyl (C=O) groups is 2. The van der Waals surface area contributed by atoms with Crippen LogP contribution in [0.4, 0.5) is 13.2 Å². The number of nitrogens with two attached hydrogens (primary N) is 1. The van der Waals surface area contributed by atoms with E-state index in [0.717, 1.165) is 32.1 Å². The maximum atomic E-state index is 13.0. The lowest BCUT2D eigenvalue weighted by molar-refractivity contribution is -0.228. The molecule has 0 aliphatic heterocycles. The van der Waals surface area contributed by atoms with Gasteiger partial charge in [-0.2, -0.15) is 18.2 Å². The maximum Gasteiger partial charge on any atom is 0.493 e. The summed E-state index contributed by atoms with van der Waals surface area (Å²) in [6.07, 6.45) is 9.13. The molecule has 0 fully saturated rings. The quantitative estimate of drug-likeness (QED) is 0.159. The first-order chi connectivity index (χ1) is 17.3. The molecule has 0 radical (unpaired) electrons. The van der Waals surface area contributed by atoms with Crippen molar-refractivity contribution in [2.75, 3.05) is 19.7 Å². The second-order valence-electron chi connectivity index (χ2n) is 9.01. The smallest absolute Gasteiger partial charge is 0.493 e. The molecule has 0 saturated heterocycles. The summed E-state index contributed by atoms with van der Waals surface area (Å²) < 4.78 is 44.1. The molecule has 0 aliphatic rings. The third-order valence-corrected chi connectivity index (χ3v) is 5.84. The fraction of sp³-hybridized carbons (Fsp3) is 0.704. The Bertz CT molecular complexity index is 744. The maximum absolute atomic E-state index is 13.0. The van der Waals surface area contributed by atoms with Crippen LogP contribution in [-0.4, -0.2) is 42.8 Å². The van der Waals surface area contributed by atoms with Crippen molar-refractivity contribution < 1.29 is 32.3 Å². The highest BCUT2D eigenvalue weighted by molar-refractivity contribution is 5.97. The van der Waals surface area contributed by atoms with Gasteiger partial charge in [0.25, 0.3) is 5.91 Å². The van der Waals surface area contributed by atoms with Crippen molar-refractivity contribution in [3.05, 3.63) is 29.8 Å². The second kappa shape index (κ2) is 18.9. The van der Waals surface area contributed by atoms with Crippen LogP contribution in [0.1, 0.15) is 107 Å². The zero-order valence-electron chi connectivity index (χ0n) is 21.6. The first-order valence-corrected chi connectivity index (χ1v) is 13.3. The van der Waals surface area contributed by atoms with Gasteiger partial charge in [0.2, 0.25) is 0 Å². The summed E-state index contributed by atoms with van der Waals surface area (Å²) >= 11 is 0. The molecular formula is C27H43F3N2O4. The van der Waals surface area contributed by atoms with Crippen molar-refractivity contribution in [3.8, 4) is 5.75 Å². The Morgan fingerprint density at radius 1 is 0.833 bits per heavy atom. The van der Waals surface area contributed by atoms with Crippen LogP contribution < -0.4 is 10.5 Å². The van der Waals surface area contributed by atoms with Crippen LogP contribution in [0.15, 0.2) is 24.3 Å². The lowest BCUT2D eigenvalue weighted by Gasteiger charge is -2.23. The molecule has 1 amide bonds. The lowest BCUT2D eigenvalue weighted by Crippen LogP contribution is -2.39. The van der Waals surface area contributed by atoms with Gasteiger partial charge in [0.1, 0.15) is 5.75 Å². The van der Waals surface area contributed by atoms with E-state index in [-0.39, 0.29) is 17.9 Å². The van der Waals surface area contributed by atoms with Crippen molar-refractivity contribution in [1.29, 1.82) is 0 Å². The van der Waals surface area contributed by atoms with Crippen LogP contribution in [0.25, 0.3) is 0 Å². The Hall–Kier alpha value is -2.29. The number of nitrogens with zero attached hydrogens (tertiary/aromatic N) is 1. The SMILES string of the molecule is CCCCCCCCCCCCOc1ccccc1C(=O)N(CCCCCCN)OC(=O)C(F)(F)F. The molecule has 9 heteroatoms. The minimum atomic E-state index is -5.20. The largest absolute Gasteiger partial charge is 0.493 e. The van der Waals surface area contributed by atoms with Gasteiger partial charge < -0.3 is 15.3 Å². The molecule has 0 aliphatic carbocycles. The second-order valence-corrected chi connectivity index (χ2v) is 9.01. The zero-order valence-corrected chi connectivity index (χ0v) is 21.6. The van der Waals surface area contributed by atoms with E-state index in [1.807, 2.05) is 0 Å². The summed E-state index contributed by atoms with van der Waals surface area (Å²) in [5, 5.41) is 0.487. The number of amides is 1. The molecule has 0 aromatic heterocycles. The van der Waals surface area contributed by atoms with Crippen LogP contribution in [0, 0.1) is 0 Å². The van der Waals surface area contributed by atoms with Crippen LogP contribution in [0.3, 0.4) is 0 Å². The molecule has 1 aromatic carbocycles. The predicted molar refractivity (Wildman–Crippen MR) is 134 cm³/mol. The number of ether oxygens (including phenoxy) is 1. The Morgan fingerprint density at radius 3 is 2.00 bits per heavy atom. The monoisotopic (exact) mass is 516 g/mol. The van der Waals surface area contributed by atoms with E-state index in [4.69, 9.17) is 10.5 Å². The van der Waals surface area contributed by atoms with E-state index >= 15 is 0 Å². The summed E-state index contributed by atoms with van der Waals surface area (Å²) in [7, 11) is 0. The van der Waals surface area contributed by atoms with Gasteiger partial charge in [0, 0.05) is 0 Å². The first kappa shape index (κ1) is 31.7. The molecule has 0 saturated carbocycles. The number of hydrogen-bond donors (Lipinski definition) is 1. The fourth-order valence-corrected chi connectivity index (χ4v) is 3.77. The number of hydroxylamine groups is 2. The number of rotatable bonds is 19. The predicted octanol–water partition coefficient (Wildman–Crippen LogP) is 6.97. The van der Waals surface area contributed by atoms with Crippen molar-refractivity contribution >= 4 is 11.9 Å². The van der Waals surface area contributed by atoms with E-state index in [0.29, 0.717) is 31.1 Å². The Morgan fingerprint density at radius 2 is 1.39 bits per heavy atom. The van der Waals surface area contributed by atoms with Crippen molar-refractivity contribution in [1.82, 2.24) is 5.06 Å². The summed E-state index contributed by atoms with van der Waals surface area (Å²) in [6.45, 7) is 2.96. The van der Waals surface area contributed by atoms with Gasteiger partial charge >= 0.3 is 12.1 Å². The molecule has 1 aromatic rings. The number of benzene rings is 1. The number of halogens is 3. The van der Waals surface area contributed by atoms with Crippen LogP contribution >= 0.6 is 0 Å². The van der Waals surface area contributed by atoms with Crippen molar-refractivity contribution in [2.45, 2.75) is 103 Å². The van der Waals surface area contributed by atoms with E-state index < -0.39 is 18.1 Å². The van der Waals surface area contributed by atoms with E-state index in [1.165, 1.54) is 51.0 Å². The summed E-state index contributed by atoms with van der Waals surface area (Å²) in [5.74, 6) is -3.01. The molecule has 0 heterocycles. The molecule has 2 N–H and O–H groups in total. The van der Waals surface area contributed by atoms with Gasteiger partial charge in [-0.1, -0.05) is 89.7 Å². The first-order valence-electron chi connectivity index (χ1n) is 13.3. The van der Waals surface area contributed by atoms with E-state index in [2.05, 4.69) is 11.8 Å². The third-order valence-electron chi connectivity index (χ3n) is 5.84. The normalized spacial score (nSPS) is 11.4. The minimum Gasteiger partial charge on any atom is -0.493 e. The van der Waals surface area contributed by atoms with Gasteiger partial charge in [-0.05, 0) is 37.9 Å². The van der Waals surface area contributed by atoms with Gasteiger partial charge in [-0.25, -0.2) is 4.79 Å². The molecule has 0 atom stereocenters. The van der Waals surface area contributed by atoms with Gasteiger partial charge in [0.05, 0.1) is 18.7 Å². The van der Waals surface area contributed by atoms with E-state index in [1.54, 1.807) is 18.2 Å². The standard InChI is InChI=1S/C27H43F3N2O4/c1-2-3-4-5-6-7-8-9-12-17-22-35-24-19-14-13-18-23(24)25(33)32(21-16-11-10-15-20-31)36-26(34)27(28,29)30/h13-14,18-19H,2-12,15-17,20-22,31H2,1H3. The van der Waals surface area contributed by atoms with Crippen LogP contribution in [-0.2, 0) is 9.63 Å².